The van der Waals surface area contributed by atoms with Gasteiger partial charge in [-0.25, -0.2) is 0 Å². The molecule has 1 aromatic carbocycles. The zero-order chi connectivity index (χ0) is 27.9. The van der Waals surface area contributed by atoms with E-state index in [-0.39, 0.29) is 37.0 Å². The summed E-state index contributed by atoms with van der Waals surface area (Å²) in [5.41, 5.74) is 0.660. The van der Waals surface area contributed by atoms with Gasteiger partial charge in [0.2, 0.25) is 11.7 Å². The summed E-state index contributed by atoms with van der Waals surface area (Å²) in [5.74, 6) is 1.24. The van der Waals surface area contributed by atoms with Gasteiger partial charge in [-0.15, -0.1) is 10.2 Å². The molecule has 5 rings (SSSR count). The molecule has 214 valence electrons. The van der Waals surface area contributed by atoms with Gasteiger partial charge in [-0.05, 0) is 61.2 Å². The Hall–Kier alpha value is -3.93. The number of hydrogen-bond donors (Lipinski definition) is 1. The van der Waals surface area contributed by atoms with E-state index in [4.69, 9.17) is 18.6 Å². The van der Waals surface area contributed by atoms with Gasteiger partial charge < -0.3 is 28.8 Å². The van der Waals surface area contributed by atoms with Crippen molar-refractivity contribution in [1.82, 2.24) is 30.4 Å². The molecule has 3 heterocycles. The van der Waals surface area contributed by atoms with Crippen LogP contribution in [-0.4, -0.2) is 76.4 Å². The maximum Gasteiger partial charge on any atom is 0.250 e. The highest BCUT2D eigenvalue weighted by molar-refractivity contribution is 5.88. The third kappa shape index (κ3) is 6.44. The van der Waals surface area contributed by atoms with Crippen LogP contribution in [0.2, 0.25) is 0 Å². The number of carbonyl (C=O) groups is 2. The largest absolute Gasteiger partial charge is 0.493 e. The highest BCUT2D eigenvalue weighted by Gasteiger charge is 2.37. The van der Waals surface area contributed by atoms with Gasteiger partial charge in [0.15, 0.2) is 17.5 Å². The molecule has 0 bridgehead atoms. The second-order valence-electron chi connectivity index (χ2n) is 10.2. The number of tetrazole rings is 1. The number of methoxy groups -OCH3 is 2. The van der Waals surface area contributed by atoms with Crippen LogP contribution in [-0.2, 0) is 20.9 Å². The number of amides is 2. The first-order valence-electron chi connectivity index (χ1n) is 13.8. The van der Waals surface area contributed by atoms with Gasteiger partial charge >= 0.3 is 0 Å². The first-order valence-corrected chi connectivity index (χ1v) is 13.8. The summed E-state index contributed by atoms with van der Waals surface area (Å²) in [6, 6.07) is 7.87. The molecular weight excluding hydrogens is 516 g/mol. The summed E-state index contributed by atoms with van der Waals surface area (Å²) >= 11 is 0. The molecule has 1 aliphatic carbocycles. The summed E-state index contributed by atoms with van der Waals surface area (Å²) in [4.78, 5) is 30.3. The van der Waals surface area contributed by atoms with E-state index >= 15 is 0 Å². The number of benzene rings is 1. The Morgan fingerprint density at radius 1 is 1.10 bits per heavy atom. The van der Waals surface area contributed by atoms with Crippen LogP contribution < -0.4 is 14.8 Å². The van der Waals surface area contributed by atoms with Crippen molar-refractivity contribution < 1.29 is 28.2 Å². The lowest BCUT2D eigenvalue weighted by molar-refractivity contribution is -0.144. The van der Waals surface area contributed by atoms with Gasteiger partial charge in [0, 0.05) is 24.8 Å². The molecule has 2 atom stereocenters. The normalized spacial score (nSPS) is 18.3. The Morgan fingerprint density at radius 3 is 2.62 bits per heavy atom. The topological polar surface area (TPSA) is 134 Å². The standard InChI is InChI=1S/C28H36N6O6/c1-37-22-13-12-19(16-24(22)38-2)27-30-32-34(31-27)18-25(35)33(17-21-10-6-14-39-21)26(23-11-7-15-40-23)28(36)29-20-8-4-3-5-9-20/h7,11-13,15-16,20-21,26H,3-6,8-10,14,17-18H2,1-2H3,(H,29,36)/t21-,26+/m1/s1. The average molecular weight is 553 g/mol. The van der Waals surface area contributed by atoms with E-state index in [1.54, 1.807) is 44.6 Å². The summed E-state index contributed by atoms with van der Waals surface area (Å²) in [7, 11) is 3.11. The van der Waals surface area contributed by atoms with Gasteiger partial charge in [-0.2, -0.15) is 4.80 Å². The van der Waals surface area contributed by atoms with Crippen LogP contribution in [0.1, 0.15) is 56.7 Å². The molecule has 2 aliphatic rings. The van der Waals surface area contributed by atoms with E-state index in [2.05, 4.69) is 20.7 Å². The van der Waals surface area contributed by atoms with E-state index in [1.807, 2.05) is 0 Å². The zero-order valence-corrected chi connectivity index (χ0v) is 23.0. The van der Waals surface area contributed by atoms with Crippen molar-refractivity contribution in [2.75, 3.05) is 27.4 Å². The molecule has 12 heteroatoms. The lowest BCUT2D eigenvalue weighted by Gasteiger charge is -2.33. The molecule has 1 N–H and O–H groups in total. The minimum Gasteiger partial charge on any atom is -0.493 e. The monoisotopic (exact) mass is 552 g/mol. The molecule has 2 fully saturated rings. The Kier molecular flexibility index (Phi) is 8.94. The molecule has 0 spiro atoms. The minimum absolute atomic E-state index is 0.0828. The van der Waals surface area contributed by atoms with Crippen molar-refractivity contribution in [3.05, 3.63) is 42.4 Å². The molecule has 1 aliphatic heterocycles. The fourth-order valence-corrected chi connectivity index (χ4v) is 5.37. The predicted molar refractivity (Wildman–Crippen MR) is 144 cm³/mol. The molecule has 0 radical (unpaired) electrons. The zero-order valence-electron chi connectivity index (χ0n) is 23.0. The van der Waals surface area contributed by atoms with E-state index < -0.39 is 6.04 Å². The highest BCUT2D eigenvalue weighted by Crippen LogP contribution is 2.31. The van der Waals surface area contributed by atoms with E-state index in [9.17, 15) is 9.59 Å². The minimum atomic E-state index is -0.942. The van der Waals surface area contributed by atoms with Gasteiger partial charge in [0.05, 0.1) is 26.6 Å². The summed E-state index contributed by atoms with van der Waals surface area (Å²) in [6.45, 7) is 0.673. The quantitative estimate of drug-likeness (QED) is 0.381. The van der Waals surface area contributed by atoms with Crippen LogP contribution in [0, 0.1) is 0 Å². The number of aromatic nitrogens is 4. The first-order chi connectivity index (χ1) is 19.6. The van der Waals surface area contributed by atoms with Crippen LogP contribution >= 0.6 is 0 Å². The molecule has 40 heavy (non-hydrogen) atoms. The van der Waals surface area contributed by atoms with Gasteiger partial charge in [-0.3, -0.25) is 9.59 Å². The maximum absolute atomic E-state index is 13.8. The average Bonchev–Trinajstić information content (AvgIpc) is 3.77. The number of rotatable bonds is 11. The lowest BCUT2D eigenvalue weighted by atomic mass is 9.95. The fourth-order valence-electron chi connectivity index (χ4n) is 5.37. The van der Waals surface area contributed by atoms with Crippen LogP contribution in [0.5, 0.6) is 11.5 Å². The molecule has 1 saturated carbocycles. The number of furan rings is 1. The van der Waals surface area contributed by atoms with Crippen molar-refractivity contribution in [1.29, 1.82) is 0 Å². The molecule has 2 aromatic heterocycles. The second-order valence-corrected chi connectivity index (χ2v) is 10.2. The third-order valence-corrected chi connectivity index (χ3v) is 7.44. The Morgan fingerprint density at radius 2 is 1.93 bits per heavy atom. The van der Waals surface area contributed by atoms with Gasteiger partial charge in [0.1, 0.15) is 12.3 Å². The lowest BCUT2D eigenvalue weighted by Crippen LogP contribution is -2.49. The van der Waals surface area contributed by atoms with Crippen LogP contribution in [0.15, 0.2) is 41.0 Å². The number of nitrogens with zero attached hydrogens (tertiary/aromatic N) is 5. The van der Waals surface area contributed by atoms with Crippen LogP contribution in [0.4, 0.5) is 0 Å². The van der Waals surface area contributed by atoms with E-state index in [0.717, 1.165) is 38.5 Å². The van der Waals surface area contributed by atoms with E-state index in [1.165, 1.54) is 22.4 Å². The molecule has 12 nitrogen and oxygen atoms in total. The molecule has 1 saturated heterocycles. The molecule has 0 unspecified atom stereocenters. The summed E-state index contributed by atoms with van der Waals surface area (Å²) in [5, 5.41) is 15.8. The SMILES string of the molecule is COc1ccc(-c2nnn(CC(=O)N(C[C@H]3CCCO3)[C@H](C(=O)NC3CCCCC3)c3ccco3)n2)cc1OC. The van der Waals surface area contributed by atoms with Crippen molar-refractivity contribution in [3.8, 4) is 22.9 Å². The van der Waals surface area contributed by atoms with Crippen molar-refractivity contribution >= 4 is 11.8 Å². The molecule has 3 aromatic rings. The fraction of sp³-hybridized carbons (Fsp3) is 0.536. The Bertz CT molecular complexity index is 1270. The van der Waals surface area contributed by atoms with Crippen LogP contribution in [0.3, 0.4) is 0 Å². The third-order valence-electron chi connectivity index (χ3n) is 7.44. The number of ether oxygens (including phenoxy) is 3. The van der Waals surface area contributed by atoms with Crippen molar-refractivity contribution in [2.45, 2.75) is 69.7 Å². The number of nitrogens with one attached hydrogen (secondary N) is 1. The number of carbonyl (C=O) groups excluding carboxylic acids is 2. The maximum atomic E-state index is 13.8. The second kappa shape index (κ2) is 12.9. The summed E-state index contributed by atoms with van der Waals surface area (Å²) < 4.78 is 22.2. The first kappa shape index (κ1) is 27.6. The predicted octanol–water partition coefficient (Wildman–Crippen LogP) is 3.15. The van der Waals surface area contributed by atoms with E-state index in [0.29, 0.717) is 35.3 Å². The van der Waals surface area contributed by atoms with Gasteiger partial charge in [0.25, 0.3) is 5.91 Å². The molecule has 2 amide bonds. The highest BCUT2D eigenvalue weighted by atomic mass is 16.5. The van der Waals surface area contributed by atoms with Crippen molar-refractivity contribution in [3.63, 3.8) is 0 Å². The molecular formula is C28H36N6O6. The Balaban J connectivity index is 1.38. The van der Waals surface area contributed by atoms with Crippen molar-refractivity contribution in [2.24, 2.45) is 0 Å². The Labute approximate surface area is 232 Å². The smallest absolute Gasteiger partial charge is 0.250 e. The van der Waals surface area contributed by atoms with Gasteiger partial charge in [-0.1, -0.05) is 19.3 Å². The number of hydrogen-bond acceptors (Lipinski definition) is 9. The summed E-state index contributed by atoms with van der Waals surface area (Å²) in [6.07, 6.45) is 8.25. The van der Waals surface area contributed by atoms with Crippen LogP contribution in [0.25, 0.3) is 11.4 Å².